The van der Waals surface area contributed by atoms with Crippen molar-refractivity contribution in [3.63, 3.8) is 0 Å². The van der Waals surface area contributed by atoms with Crippen molar-refractivity contribution in [2.24, 2.45) is 9.98 Å². The van der Waals surface area contributed by atoms with E-state index < -0.39 is 0 Å². The number of amides is 2. The number of ether oxygens (including phenoxy) is 5. The number of methoxy groups -OCH3 is 3. The number of nitrogens with zero attached hydrogens (tertiary/aromatic N) is 2. The van der Waals surface area contributed by atoms with Gasteiger partial charge in [0.05, 0.1) is 44.3 Å². The maximum atomic E-state index is 13.2. The summed E-state index contributed by atoms with van der Waals surface area (Å²) in [5.74, 6) is 1.42. The topological polar surface area (TPSA) is 146 Å². The van der Waals surface area contributed by atoms with Crippen LogP contribution in [0.5, 0.6) is 23.0 Å². The Bertz CT molecular complexity index is 2000. The van der Waals surface area contributed by atoms with Gasteiger partial charge in [0.1, 0.15) is 13.2 Å². The minimum atomic E-state index is -0.259. The monoisotopic (exact) mass is 824 g/mol. The molecule has 0 saturated carbocycles. The summed E-state index contributed by atoms with van der Waals surface area (Å²) in [7, 11) is 4.50. The van der Waals surface area contributed by atoms with E-state index in [0.717, 1.165) is 40.7 Å². The van der Waals surface area contributed by atoms with E-state index in [9.17, 15) is 14.4 Å². The SMILES string of the molecule is C.C/C=C(/C)CC(C=Nc1ccc(OC)c(OCc2cc(C=CCCCC(=O)OC)cc(COc3cc4c(cc3OC)C(=O)NC/C(=C/C)CCC=N4)c2)c1)NC=O.CC. The number of fused-ring (bicyclic) bond motifs is 1. The Morgan fingerprint density at radius 3 is 2.28 bits per heavy atom. The Labute approximate surface area is 356 Å². The van der Waals surface area contributed by atoms with E-state index in [2.05, 4.69) is 20.6 Å². The molecule has 12 nitrogen and oxygen atoms in total. The molecular weight excluding hydrogens is 761 g/mol. The summed E-state index contributed by atoms with van der Waals surface area (Å²) in [6.07, 6.45) is 16.2. The maximum Gasteiger partial charge on any atom is 0.305 e. The molecule has 1 atom stereocenters. The highest BCUT2D eigenvalue weighted by Gasteiger charge is 2.19. The number of carbonyl (C=O) groups excluding carboxylic acids is 3. The van der Waals surface area contributed by atoms with E-state index in [1.165, 1.54) is 14.2 Å². The van der Waals surface area contributed by atoms with Crippen molar-refractivity contribution in [2.75, 3.05) is 27.9 Å². The highest BCUT2D eigenvalue weighted by Crippen LogP contribution is 2.36. The summed E-state index contributed by atoms with van der Waals surface area (Å²) >= 11 is 0. The van der Waals surface area contributed by atoms with Gasteiger partial charge in [0.15, 0.2) is 23.0 Å². The van der Waals surface area contributed by atoms with Crippen LogP contribution in [0.4, 0.5) is 11.4 Å². The van der Waals surface area contributed by atoms with E-state index in [4.69, 9.17) is 23.7 Å². The second-order valence-corrected chi connectivity index (χ2v) is 13.4. The van der Waals surface area contributed by atoms with Crippen molar-refractivity contribution in [3.05, 3.63) is 100 Å². The van der Waals surface area contributed by atoms with Gasteiger partial charge in [-0.2, -0.15) is 0 Å². The lowest BCUT2D eigenvalue weighted by Crippen LogP contribution is -2.29. The molecule has 0 radical (unpaired) electrons. The summed E-state index contributed by atoms with van der Waals surface area (Å²) in [5.41, 5.74) is 6.46. The number of rotatable bonds is 19. The van der Waals surface area contributed by atoms with Gasteiger partial charge in [-0.1, -0.05) is 56.7 Å². The van der Waals surface area contributed by atoms with Crippen molar-refractivity contribution in [2.45, 2.75) is 99.8 Å². The van der Waals surface area contributed by atoms with Gasteiger partial charge in [-0.15, -0.1) is 0 Å². The number of benzene rings is 3. The summed E-state index contributed by atoms with van der Waals surface area (Å²) in [4.78, 5) is 45.2. The number of unbranched alkanes of at least 4 members (excludes halogenated alkanes) is 1. The third-order valence-electron chi connectivity index (χ3n) is 9.26. The van der Waals surface area contributed by atoms with Crippen LogP contribution in [0.2, 0.25) is 0 Å². The standard InChI is InChI=1S/C45H54N4O8.C2H6.CH4/c1-7-31(3)19-37(49-30-50)27-47-36-16-17-40(53-4)42(23-36)56-28-34-20-33(13-10-9-11-15-44(51)55-6)21-35(22-34)29-57-43-25-39-38(24-41(43)54-5)45(52)48-26-32(8-2)14-12-18-46-39;1-2;/h7-8,10,13,16-18,20-25,27,30,37H,9,11-12,14-15,19,26,28-29H2,1-6H3,(H,48,52)(H,49,50);1-2H3;1H4/b13-10?,31-7-,32-8+,46-18?,47-27?;;. The molecule has 0 aromatic heterocycles. The lowest BCUT2D eigenvalue weighted by molar-refractivity contribution is -0.140. The Morgan fingerprint density at radius 1 is 0.950 bits per heavy atom. The van der Waals surface area contributed by atoms with Crippen LogP contribution in [0.3, 0.4) is 0 Å². The lowest BCUT2D eigenvalue weighted by Gasteiger charge is -2.17. The first-order valence-corrected chi connectivity index (χ1v) is 20.0. The molecular formula is C48H64N4O8. The number of carbonyl (C=O) groups is 3. The van der Waals surface area contributed by atoms with E-state index >= 15 is 0 Å². The van der Waals surface area contributed by atoms with Gasteiger partial charge in [0.25, 0.3) is 5.91 Å². The predicted octanol–water partition coefficient (Wildman–Crippen LogP) is 10.2. The zero-order valence-corrected chi connectivity index (χ0v) is 35.8. The number of aliphatic imine (C=N–C) groups is 2. The van der Waals surface area contributed by atoms with Gasteiger partial charge >= 0.3 is 5.97 Å². The Kier molecular flexibility index (Phi) is 22.9. The van der Waals surface area contributed by atoms with Crippen LogP contribution in [0, 0.1) is 0 Å². The molecule has 0 aliphatic carbocycles. The molecule has 1 unspecified atom stereocenters. The smallest absolute Gasteiger partial charge is 0.305 e. The molecule has 1 heterocycles. The third-order valence-corrected chi connectivity index (χ3v) is 9.26. The molecule has 12 heteroatoms. The Balaban J connectivity index is 0.00000407. The van der Waals surface area contributed by atoms with E-state index in [-0.39, 0.29) is 38.6 Å². The number of hydrogen-bond donors (Lipinski definition) is 2. The average Bonchev–Trinajstić information content (AvgIpc) is 3.26. The molecule has 0 bridgehead atoms. The molecule has 2 amide bonds. The second-order valence-electron chi connectivity index (χ2n) is 13.4. The van der Waals surface area contributed by atoms with Crippen molar-refractivity contribution in [1.82, 2.24) is 10.6 Å². The number of nitrogens with one attached hydrogen (secondary N) is 2. The molecule has 2 N–H and O–H groups in total. The van der Waals surface area contributed by atoms with Crippen molar-refractivity contribution in [1.29, 1.82) is 0 Å². The molecule has 0 fully saturated rings. The molecule has 1 aliphatic heterocycles. The van der Waals surface area contributed by atoms with Crippen LogP contribution in [0.15, 0.2) is 87.9 Å². The van der Waals surface area contributed by atoms with E-state index in [1.54, 1.807) is 37.6 Å². The molecule has 3 aromatic carbocycles. The fourth-order valence-corrected chi connectivity index (χ4v) is 5.95. The molecule has 4 rings (SSSR count). The summed E-state index contributed by atoms with van der Waals surface area (Å²) in [6, 6.07) is 14.6. The summed E-state index contributed by atoms with van der Waals surface area (Å²) in [6.45, 7) is 10.8. The first-order chi connectivity index (χ1) is 28.7. The largest absolute Gasteiger partial charge is 0.493 e. The molecule has 3 aromatic rings. The van der Waals surface area contributed by atoms with Crippen LogP contribution >= 0.6 is 0 Å². The molecule has 324 valence electrons. The second kappa shape index (κ2) is 27.5. The highest BCUT2D eigenvalue weighted by atomic mass is 16.5. The first kappa shape index (κ1) is 50.0. The van der Waals surface area contributed by atoms with E-state index in [1.807, 2.05) is 89.4 Å². The zero-order chi connectivity index (χ0) is 43.0. The Morgan fingerprint density at radius 2 is 1.65 bits per heavy atom. The van der Waals surface area contributed by atoms with Crippen LogP contribution in [-0.2, 0) is 27.5 Å². The fraction of sp³-hybridized carbons (Fsp3) is 0.396. The average molecular weight is 825 g/mol. The van der Waals surface area contributed by atoms with Gasteiger partial charge in [-0.3, -0.25) is 24.4 Å². The normalized spacial score (nSPS) is 13.9. The van der Waals surface area contributed by atoms with Crippen molar-refractivity contribution in [3.8, 4) is 23.0 Å². The van der Waals surface area contributed by atoms with Crippen LogP contribution in [0.1, 0.15) is 108 Å². The lowest BCUT2D eigenvalue weighted by atomic mass is 10.0. The number of allylic oxidation sites excluding steroid dienone is 3. The van der Waals surface area contributed by atoms with Gasteiger partial charge < -0.3 is 34.3 Å². The number of esters is 1. The minimum Gasteiger partial charge on any atom is -0.493 e. The molecule has 60 heavy (non-hydrogen) atoms. The Hall–Kier alpha value is -6.17. The van der Waals surface area contributed by atoms with E-state index in [0.29, 0.717) is 78.6 Å². The summed E-state index contributed by atoms with van der Waals surface area (Å²) in [5, 5.41) is 5.79. The van der Waals surface area contributed by atoms with Gasteiger partial charge in [-0.25, -0.2) is 0 Å². The maximum absolute atomic E-state index is 13.2. The minimum absolute atomic E-state index is 0. The quantitative estimate of drug-likeness (QED) is 0.0399. The number of hydrogen-bond acceptors (Lipinski definition) is 10. The first-order valence-electron chi connectivity index (χ1n) is 20.0. The molecule has 1 aliphatic rings. The van der Waals surface area contributed by atoms with Gasteiger partial charge in [-0.05, 0) is 106 Å². The van der Waals surface area contributed by atoms with Gasteiger partial charge in [0.2, 0.25) is 6.41 Å². The van der Waals surface area contributed by atoms with Crippen LogP contribution in [-0.4, -0.2) is 64.6 Å². The fourth-order valence-electron chi connectivity index (χ4n) is 5.95. The van der Waals surface area contributed by atoms with Crippen LogP contribution in [0.25, 0.3) is 6.08 Å². The van der Waals surface area contributed by atoms with Gasteiger partial charge in [0, 0.05) is 37.5 Å². The zero-order valence-electron chi connectivity index (χ0n) is 35.8. The van der Waals surface area contributed by atoms with Crippen molar-refractivity contribution < 1.29 is 38.1 Å². The predicted molar refractivity (Wildman–Crippen MR) is 243 cm³/mol. The van der Waals surface area contributed by atoms with Crippen LogP contribution < -0.4 is 29.6 Å². The van der Waals surface area contributed by atoms with Crippen molar-refractivity contribution >= 4 is 48.2 Å². The summed E-state index contributed by atoms with van der Waals surface area (Å²) < 4.78 is 28.7. The molecule has 0 spiro atoms. The highest BCUT2D eigenvalue weighted by molar-refractivity contribution is 6.00. The molecule has 0 saturated heterocycles. The third kappa shape index (κ3) is 16.2.